The van der Waals surface area contributed by atoms with Gasteiger partial charge >= 0.3 is 6.03 Å². The average Bonchev–Trinajstić information content (AvgIpc) is 2.44. The fraction of sp³-hybridized carbons (Fsp3) is 0.0909. The van der Waals surface area contributed by atoms with Gasteiger partial charge in [-0.1, -0.05) is 12.1 Å². The number of carbonyl (C=O) groups excluding carboxylic acids is 1. The van der Waals surface area contributed by atoms with Crippen molar-refractivity contribution >= 4 is 36.2 Å². The minimum Gasteiger partial charge on any atom is -0.317 e. The highest BCUT2D eigenvalue weighted by Crippen LogP contribution is 2.18. The minimum absolute atomic E-state index is 0.280. The zero-order valence-electron chi connectivity index (χ0n) is 10.9. The Bertz CT molecular complexity index is 741. The van der Waals surface area contributed by atoms with Crippen molar-refractivity contribution in [2.24, 2.45) is 0 Å². The maximum Gasteiger partial charge on any atom is 0.359 e. The third kappa shape index (κ3) is 4.08. The highest BCUT2D eigenvalue weighted by molar-refractivity contribution is 7.71. The Kier molecular flexibility index (Phi) is 4.62. The van der Waals surface area contributed by atoms with E-state index in [1.807, 2.05) is 6.07 Å². The maximum absolute atomic E-state index is 11.2. The van der Waals surface area contributed by atoms with E-state index in [0.29, 0.717) is 21.3 Å². The molecule has 1 aromatic carbocycles. The zero-order valence-corrected chi connectivity index (χ0v) is 12.5. The molecule has 10 heteroatoms. The Morgan fingerprint density at radius 2 is 2.14 bits per heavy atom. The molecule has 5 N–H and O–H groups in total. The quantitative estimate of drug-likeness (QED) is 0.336. The van der Waals surface area contributed by atoms with Crippen LogP contribution in [0, 0.1) is 9.54 Å². The number of amides is 2. The molecule has 1 heterocycles. The van der Waals surface area contributed by atoms with Gasteiger partial charge in [-0.2, -0.15) is 0 Å². The van der Waals surface area contributed by atoms with Gasteiger partial charge in [0.25, 0.3) is 0 Å². The van der Waals surface area contributed by atoms with Gasteiger partial charge in [0, 0.05) is 12.6 Å². The van der Waals surface area contributed by atoms with Crippen LogP contribution < -0.4 is 10.9 Å². The monoisotopic (exact) mass is 324 g/mol. The summed E-state index contributed by atoms with van der Waals surface area (Å²) in [6, 6.07) is 6.36. The van der Waals surface area contributed by atoms with Gasteiger partial charge < -0.3 is 9.97 Å². The molecule has 0 radical (unpaired) electrons. The summed E-state index contributed by atoms with van der Waals surface area (Å²) < 4.78 is 0.654. The molecule has 110 valence electrons. The lowest BCUT2D eigenvalue weighted by Gasteiger charge is -2.12. The molecule has 21 heavy (non-hydrogen) atoms. The Balaban J connectivity index is 2.23. The predicted octanol–water partition coefficient (Wildman–Crippen LogP) is 2.22. The molecule has 0 aliphatic heterocycles. The maximum atomic E-state index is 11.2. The number of hydrogen-bond donors (Lipinski definition) is 5. The van der Waals surface area contributed by atoms with Crippen molar-refractivity contribution < 1.29 is 10.0 Å². The molecular weight excluding hydrogens is 312 g/mol. The molecule has 0 atom stereocenters. The third-order valence-electron chi connectivity index (χ3n) is 2.41. The van der Waals surface area contributed by atoms with Crippen molar-refractivity contribution in [1.29, 1.82) is 0 Å². The number of aromatic amines is 2. The summed E-state index contributed by atoms with van der Waals surface area (Å²) >= 11 is 9.99. The number of H-pyrrole nitrogens is 2. The largest absolute Gasteiger partial charge is 0.359 e. The highest BCUT2D eigenvalue weighted by Gasteiger charge is 2.05. The van der Waals surface area contributed by atoms with Crippen molar-refractivity contribution in [3.63, 3.8) is 0 Å². The van der Waals surface area contributed by atoms with Crippen molar-refractivity contribution in [2.45, 2.75) is 0 Å². The lowest BCUT2D eigenvalue weighted by atomic mass is 10.2. The second kappa shape index (κ2) is 6.43. The summed E-state index contributed by atoms with van der Waals surface area (Å²) in [5, 5.41) is 9.36. The van der Waals surface area contributed by atoms with E-state index in [0.717, 1.165) is 5.56 Å². The predicted molar refractivity (Wildman–Crippen MR) is 81.7 cm³/mol. The third-order valence-corrected chi connectivity index (χ3v) is 2.81. The van der Waals surface area contributed by atoms with Crippen molar-refractivity contribution in [3.05, 3.63) is 33.8 Å². The van der Waals surface area contributed by atoms with Crippen LogP contribution in [0.15, 0.2) is 24.3 Å². The van der Waals surface area contributed by atoms with Crippen LogP contribution in [0.5, 0.6) is 0 Å². The summed E-state index contributed by atoms with van der Waals surface area (Å²) in [4.78, 5) is 21.0. The van der Waals surface area contributed by atoms with Gasteiger partial charge in [0.2, 0.25) is 4.77 Å². The van der Waals surface area contributed by atoms with Crippen molar-refractivity contribution in [1.82, 2.24) is 25.4 Å². The van der Waals surface area contributed by atoms with E-state index in [-0.39, 0.29) is 4.77 Å². The first-order valence-corrected chi connectivity index (χ1v) is 6.57. The summed E-state index contributed by atoms with van der Waals surface area (Å²) in [5.41, 5.74) is 6.30. The molecule has 0 bridgehead atoms. The zero-order chi connectivity index (χ0) is 15.4. The standard InChI is InChI=1S/C11H12N6O2S2/c1-17(19)11(18)16-15-7-4-2-3-6(5-7)8-12-9(20)14-10(21)13-8/h2-5,15,19H,1H3,(H,16,18)(H2,12,13,14,20,21). The van der Waals surface area contributed by atoms with E-state index in [9.17, 15) is 4.79 Å². The number of hydrogen-bond acceptors (Lipinski definition) is 6. The first-order chi connectivity index (χ1) is 9.95. The Morgan fingerprint density at radius 3 is 2.81 bits per heavy atom. The molecule has 2 amide bonds. The fourth-order valence-corrected chi connectivity index (χ4v) is 1.93. The molecule has 2 rings (SSSR count). The van der Waals surface area contributed by atoms with E-state index >= 15 is 0 Å². The van der Waals surface area contributed by atoms with E-state index in [4.69, 9.17) is 29.6 Å². The summed E-state index contributed by atoms with van der Waals surface area (Å²) in [6.45, 7) is 0. The average molecular weight is 324 g/mol. The molecule has 0 unspecified atom stereocenters. The molecular formula is C11H12N6O2S2. The van der Waals surface area contributed by atoms with Crippen LogP contribution >= 0.6 is 24.4 Å². The van der Waals surface area contributed by atoms with Crippen LogP contribution in [0.25, 0.3) is 11.4 Å². The summed E-state index contributed by atoms with van der Waals surface area (Å²) in [5.74, 6) is 0.512. The smallest absolute Gasteiger partial charge is 0.317 e. The van der Waals surface area contributed by atoms with Gasteiger partial charge in [0.05, 0.1) is 5.69 Å². The van der Waals surface area contributed by atoms with Gasteiger partial charge in [0.1, 0.15) is 5.82 Å². The molecule has 0 saturated heterocycles. The molecule has 0 aliphatic rings. The molecule has 8 nitrogen and oxygen atoms in total. The number of aromatic nitrogens is 3. The molecule has 1 aromatic heterocycles. The number of benzene rings is 1. The fourth-order valence-electron chi connectivity index (χ4n) is 1.48. The first-order valence-electron chi connectivity index (χ1n) is 5.75. The normalized spacial score (nSPS) is 10.0. The van der Waals surface area contributed by atoms with Crippen molar-refractivity contribution in [3.8, 4) is 11.4 Å². The van der Waals surface area contributed by atoms with Crippen LogP contribution in [-0.2, 0) is 0 Å². The number of nitrogens with one attached hydrogen (secondary N) is 4. The summed E-state index contributed by atoms with van der Waals surface area (Å²) in [6.07, 6.45) is 0. The lowest BCUT2D eigenvalue weighted by Crippen LogP contribution is -2.38. The number of urea groups is 1. The van der Waals surface area contributed by atoms with E-state index in [2.05, 4.69) is 25.8 Å². The van der Waals surface area contributed by atoms with E-state index in [1.165, 1.54) is 7.05 Å². The lowest BCUT2D eigenvalue weighted by molar-refractivity contribution is -0.0174. The SMILES string of the molecule is CN(O)C(=O)NNc1cccc(-c2nc(=S)[nH]c(=S)[nH]2)c1. The van der Waals surface area contributed by atoms with Crippen LogP contribution in [0.3, 0.4) is 0 Å². The Morgan fingerprint density at radius 1 is 1.38 bits per heavy atom. The van der Waals surface area contributed by atoms with Gasteiger partial charge in [-0.05, 0) is 36.6 Å². The molecule has 0 saturated carbocycles. The van der Waals surface area contributed by atoms with Gasteiger partial charge in [-0.15, -0.1) is 0 Å². The topological polar surface area (TPSA) is 109 Å². The number of hydroxylamine groups is 2. The number of hydrazine groups is 1. The van der Waals surface area contributed by atoms with Crippen LogP contribution in [0.4, 0.5) is 10.5 Å². The second-order valence-corrected chi connectivity index (χ2v) is 4.80. The van der Waals surface area contributed by atoms with Crippen molar-refractivity contribution in [2.75, 3.05) is 12.5 Å². The van der Waals surface area contributed by atoms with Gasteiger partial charge in [0.15, 0.2) is 4.77 Å². The van der Waals surface area contributed by atoms with Gasteiger partial charge in [-0.25, -0.2) is 20.3 Å². The van der Waals surface area contributed by atoms with Crippen LogP contribution in [0.2, 0.25) is 0 Å². The molecule has 2 aromatic rings. The number of nitrogens with zero attached hydrogens (tertiary/aromatic N) is 2. The number of rotatable bonds is 3. The minimum atomic E-state index is -0.694. The van der Waals surface area contributed by atoms with Crippen LogP contribution in [0.1, 0.15) is 0 Å². The van der Waals surface area contributed by atoms with Crippen LogP contribution in [-0.4, -0.2) is 38.3 Å². The van der Waals surface area contributed by atoms with E-state index < -0.39 is 6.03 Å². The molecule has 0 aliphatic carbocycles. The van der Waals surface area contributed by atoms with E-state index in [1.54, 1.807) is 18.2 Å². The van der Waals surface area contributed by atoms with Gasteiger partial charge in [-0.3, -0.25) is 10.6 Å². The Labute approximate surface area is 129 Å². The number of anilines is 1. The molecule has 0 spiro atoms. The Hall–Kier alpha value is -2.30. The number of carbonyl (C=O) groups is 1. The first kappa shape index (κ1) is 15.1. The summed E-state index contributed by atoms with van der Waals surface area (Å²) in [7, 11) is 1.21. The highest BCUT2D eigenvalue weighted by atomic mass is 32.1. The molecule has 0 fully saturated rings. The second-order valence-electron chi connectivity index (χ2n) is 4.00.